The van der Waals surface area contributed by atoms with E-state index in [1.165, 1.54) is 33.8 Å². The zero-order chi connectivity index (χ0) is 20.6. The van der Waals surface area contributed by atoms with Crippen LogP contribution in [-0.4, -0.2) is 67.7 Å². The highest BCUT2D eigenvalue weighted by molar-refractivity contribution is 5.73. The molecule has 0 radical (unpaired) electrons. The number of carbonyl (C=O) groups excluding carboxylic acids is 4. The smallest absolute Gasteiger partial charge is 0.303 e. The van der Waals surface area contributed by atoms with Gasteiger partial charge >= 0.3 is 17.9 Å². The number of esters is 3. The van der Waals surface area contributed by atoms with E-state index in [0.29, 0.717) is 0 Å². The molecule has 0 spiro atoms. The minimum absolute atomic E-state index is 0.0755. The molecule has 1 heterocycles. The summed E-state index contributed by atoms with van der Waals surface area (Å²) in [5.41, 5.74) is 0. The topological polar surface area (TPSA) is 126 Å². The van der Waals surface area contributed by atoms with Gasteiger partial charge in [-0.2, -0.15) is 0 Å². The van der Waals surface area contributed by atoms with Gasteiger partial charge in [0.1, 0.15) is 18.8 Å². The van der Waals surface area contributed by atoms with Gasteiger partial charge in [-0.05, 0) is 0 Å². The number of hydrogen-bond donors (Lipinski definition) is 1. The lowest BCUT2D eigenvalue weighted by molar-refractivity contribution is -0.275. The van der Waals surface area contributed by atoms with Crippen LogP contribution in [0.1, 0.15) is 27.7 Å². The van der Waals surface area contributed by atoms with Gasteiger partial charge in [0, 0.05) is 27.7 Å². The second kappa shape index (κ2) is 10.6. The Hall–Kier alpha value is -2.46. The highest BCUT2D eigenvalue weighted by atomic mass is 16.7. The molecular formula is C17H25NO9. The Bertz CT molecular complexity index is 577. The average molecular weight is 387 g/mol. The number of hydrogen-bond acceptors (Lipinski definition) is 9. The summed E-state index contributed by atoms with van der Waals surface area (Å²) in [5, 5.41) is 2.59. The molecule has 1 rings (SSSR count). The zero-order valence-electron chi connectivity index (χ0n) is 15.8. The maximum Gasteiger partial charge on any atom is 0.303 e. The predicted octanol–water partition coefficient (Wildman–Crippen LogP) is -0.155. The quantitative estimate of drug-likeness (QED) is 0.343. The molecule has 0 saturated carbocycles. The van der Waals surface area contributed by atoms with Crippen molar-refractivity contribution in [1.82, 2.24) is 5.32 Å². The Kier molecular flexibility index (Phi) is 8.89. The van der Waals surface area contributed by atoms with Crippen molar-refractivity contribution in [1.29, 1.82) is 0 Å². The first-order valence-corrected chi connectivity index (χ1v) is 8.28. The average Bonchev–Trinajstić information content (AvgIpc) is 2.54. The molecule has 1 saturated heterocycles. The molecule has 0 bridgehead atoms. The molecule has 1 fully saturated rings. The van der Waals surface area contributed by atoms with E-state index in [0.717, 1.165) is 0 Å². The monoisotopic (exact) mass is 387 g/mol. The summed E-state index contributed by atoms with van der Waals surface area (Å²) < 4.78 is 26.8. The van der Waals surface area contributed by atoms with Crippen LogP contribution in [0.2, 0.25) is 0 Å². The van der Waals surface area contributed by atoms with Gasteiger partial charge < -0.3 is 29.0 Å². The molecule has 1 amide bonds. The fraction of sp³-hybridized carbons (Fsp3) is 0.647. The van der Waals surface area contributed by atoms with Crippen LogP contribution in [-0.2, 0) is 42.9 Å². The molecule has 27 heavy (non-hydrogen) atoms. The number of nitrogens with one attached hydrogen (secondary N) is 1. The third kappa shape index (κ3) is 7.35. The lowest BCUT2D eigenvalue weighted by atomic mass is 9.96. The van der Waals surface area contributed by atoms with Crippen molar-refractivity contribution in [3.63, 3.8) is 0 Å². The van der Waals surface area contributed by atoms with Crippen molar-refractivity contribution in [3.05, 3.63) is 12.7 Å². The summed E-state index contributed by atoms with van der Waals surface area (Å²) in [7, 11) is 0. The van der Waals surface area contributed by atoms with Gasteiger partial charge in [0.05, 0.1) is 6.61 Å². The van der Waals surface area contributed by atoms with Crippen molar-refractivity contribution >= 4 is 23.8 Å². The lowest BCUT2D eigenvalue weighted by Gasteiger charge is -2.44. The number of amides is 1. The van der Waals surface area contributed by atoms with Crippen LogP contribution in [0.5, 0.6) is 0 Å². The Morgan fingerprint density at radius 3 is 2.07 bits per heavy atom. The third-order valence-corrected chi connectivity index (χ3v) is 3.45. The first kappa shape index (κ1) is 22.6. The fourth-order valence-corrected chi connectivity index (χ4v) is 2.60. The zero-order valence-corrected chi connectivity index (χ0v) is 15.8. The van der Waals surface area contributed by atoms with Crippen LogP contribution in [0.3, 0.4) is 0 Å². The lowest BCUT2D eigenvalue weighted by Crippen LogP contribution is -2.66. The van der Waals surface area contributed by atoms with Gasteiger partial charge in [0.25, 0.3) is 0 Å². The number of rotatable bonds is 8. The normalized spacial score (nSPS) is 27.2. The molecule has 0 unspecified atom stereocenters. The molecule has 10 heteroatoms. The molecule has 152 valence electrons. The van der Waals surface area contributed by atoms with Crippen molar-refractivity contribution in [2.24, 2.45) is 0 Å². The maximum atomic E-state index is 11.6. The van der Waals surface area contributed by atoms with Crippen molar-refractivity contribution in [2.45, 2.75) is 58.3 Å². The molecule has 5 atom stereocenters. The molecule has 0 aliphatic carbocycles. The molecular weight excluding hydrogens is 362 g/mol. The Balaban J connectivity index is 3.24. The van der Waals surface area contributed by atoms with E-state index in [1.807, 2.05) is 0 Å². The van der Waals surface area contributed by atoms with Crippen molar-refractivity contribution < 1.29 is 42.9 Å². The third-order valence-electron chi connectivity index (χ3n) is 3.45. The van der Waals surface area contributed by atoms with Gasteiger partial charge in [-0.25, -0.2) is 0 Å². The Morgan fingerprint density at radius 2 is 1.59 bits per heavy atom. The number of ether oxygens (including phenoxy) is 5. The second-order valence-corrected chi connectivity index (χ2v) is 5.84. The minimum Gasteiger partial charge on any atom is -0.463 e. The van der Waals surface area contributed by atoms with E-state index in [1.54, 1.807) is 0 Å². The molecule has 10 nitrogen and oxygen atoms in total. The molecule has 0 aromatic rings. The van der Waals surface area contributed by atoms with E-state index in [9.17, 15) is 19.2 Å². The summed E-state index contributed by atoms with van der Waals surface area (Å²) in [6.45, 7) is 8.16. The largest absolute Gasteiger partial charge is 0.463 e. The van der Waals surface area contributed by atoms with Crippen LogP contribution in [0.25, 0.3) is 0 Å². The van der Waals surface area contributed by atoms with Crippen molar-refractivity contribution in [2.75, 3.05) is 13.2 Å². The predicted molar refractivity (Wildman–Crippen MR) is 90.2 cm³/mol. The highest BCUT2D eigenvalue weighted by Crippen LogP contribution is 2.27. The summed E-state index contributed by atoms with van der Waals surface area (Å²) >= 11 is 0. The summed E-state index contributed by atoms with van der Waals surface area (Å²) in [5.74, 6) is -2.34. The van der Waals surface area contributed by atoms with Crippen molar-refractivity contribution in [3.8, 4) is 0 Å². The SMILES string of the molecule is C=CCO[C@H]1O[C@@H](COC(C)=O)[C@@H](OC(C)=O)[C@H](OC(C)=O)[C@@H]1NC(C)=O. The van der Waals surface area contributed by atoms with Crippen LogP contribution in [0.15, 0.2) is 12.7 Å². The van der Waals surface area contributed by atoms with Crippen LogP contribution >= 0.6 is 0 Å². The fourth-order valence-electron chi connectivity index (χ4n) is 2.60. The molecule has 1 aliphatic rings. The Labute approximate surface area is 157 Å². The van der Waals surface area contributed by atoms with E-state index < -0.39 is 54.5 Å². The maximum absolute atomic E-state index is 11.6. The summed E-state index contributed by atoms with van der Waals surface area (Å²) in [6, 6.07) is -0.968. The van der Waals surface area contributed by atoms with Gasteiger partial charge in [-0.3, -0.25) is 19.2 Å². The second-order valence-electron chi connectivity index (χ2n) is 5.84. The molecule has 0 aromatic heterocycles. The van der Waals surface area contributed by atoms with E-state index in [-0.39, 0.29) is 13.2 Å². The minimum atomic E-state index is -1.13. The summed E-state index contributed by atoms with van der Waals surface area (Å²) in [4.78, 5) is 46.0. The van der Waals surface area contributed by atoms with E-state index in [4.69, 9.17) is 23.7 Å². The van der Waals surface area contributed by atoms with Gasteiger partial charge in [0.15, 0.2) is 18.5 Å². The van der Waals surface area contributed by atoms with Gasteiger partial charge in [0.2, 0.25) is 5.91 Å². The first-order valence-electron chi connectivity index (χ1n) is 8.28. The van der Waals surface area contributed by atoms with E-state index >= 15 is 0 Å². The van der Waals surface area contributed by atoms with Crippen LogP contribution in [0, 0.1) is 0 Å². The van der Waals surface area contributed by atoms with Crippen LogP contribution < -0.4 is 5.32 Å². The first-order chi connectivity index (χ1) is 12.6. The Morgan fingerprint density at radius 1 is 1.00 bits per heavy atom. The standard InChI is InChI=1S/C17H25NO9/c1-6-7-23-17-14(18-9(2)19)16(26-12(5)22)15(25-11(4)21)13(27-17)8-24-10(3)20/h6,13-17H,1,7-8H2,2-5H3,(H,18,19)/t13-,14-,15+,16+,17-/m0/s1. The van der Waals surface area contributed by atoms with E-state index in [2.05, 4.69) is 11.9 Å². The highest BCUT2D eigenvalue weighted by Gasteiger charge is 2.51. The van der Waals surface area contributed by atoms with Gasteiger partial charge in [-0.1, -0.05) is 6.08 Å². The number of carbonyl (C=O) groups is 4. The molecule has 0 aromatic carbocycles. The molecule has 1 aliphatic heterocycles. The van der Waals surface area contributed by atoms with Crippen LogP contribution in [0.4, 0.5) is 0 Å². The molecule has 1 N–H and O–H groups in total. The van der Waals surface area contributed by atoms with Gasteiger partial charge in [-0.15, -0.1) is 6.58 Å². The summed E-state index contributed by atoms with van der Waals surface area (Å²) in [6.07, 6.45) is -2.84.